The zero-order chi connectivity index (χ0) is 19.2. The van der Waals surface area contributed by atoms with Gasteiger partial charge in [0.25, 0.3) is 11.8 Å². The summed E-state index contributed by atoms with van der Waals surface area (Å²) in [5, 5.41) is 9.15. The minimum atomic E-state index is -0.240. The average molecular weight is 391 g/mol. The van der Waals surface area contributed by atoms with Gasteiger partial charge in [0.2, 0.25) is 0 Å². The molecule has 7 heteroatoms. The van der Waals surface area contributed by atoms with Gasteiger partial charge in [-0.05, 0) is 18.9 Å². The lowest BCUT2D eigenvalue weighted by molar-refractivity contribution is -0.136. The van der Waals surface area contributed by atoms with E-state index in [-0.39, 0.29) is 18.4 Å². The van der Waals surface area contributed by atoms with E-state index in [0.717, 1.165) is 50.4 Å². The minimum absolute atomic E-state index is 0.0339. The number of ether oxygens (including phenoxy) is 1. The number of carbonyl (C=O) groups excluding carboxylic acids is 2. The monoisotopic (exact) mass is 390 g/mol. The second-order valence-electron chi connectivity index (χ2n) is 6.71. The zero-order valence-electron chi connectivity index (χ0n) is 15.6. The van der Waals surface area contributed by atoms with Crippen LogP contribution < -0.4 is 0 Å². The van der Waals surface area contributed by atoms with Crippen LogP contribution in [0.2, 0.25) is 0 Å². The van der Waals surface area contributed by atoms with Crippen LogP contribution in [0.15, 0.2) is 29.2 Å². The largest absolute Gasteiger partial charge is 0.396 e. The minimum Gasteiger partial charge on any atom is -0.396 e. The zero-order valence-corrected chi connectivity index (χ0v) is 16.5. The maximum absolute atomic E-state index is 13.0. The molecule has 0 radical (unpaired) electrons. The number of hydrogen-bond acceptors (Lipinski definition) is 6. The third kappa shape index (κ3) is 4.79. The summed E-state index contributed by atoms with van der Waals surface area (Å²) in [6.07, 6.45) is 0.747. The molecule has 2 amide bonds. The number of morpholine rings is 1. The Kier molecular flexibility index (Phi) is 7.07. The van der Waals surface area contributed by atoms with Crippen LogP contribution in [-0.2, 0) is 14.3 Å². The second-order valence-corrected chi connectivity index (χ2v) is 7.82. The lowest BCUT2D eigenvalue weighted by Crippen LogP contribution is -2.39. The van der Waals surface area contributed by atoms with Crippen molar-refractivity contribution in [3.8, 4) is 0 Å². The van der Waals surface area contributed by atoms with Gasteiger partial charge in [0.1, 0.15) is 0 Å². The number of amides is 2. The molecule has 3 rings (SSSR count). The molecule has 0 saturated carbocycles. The first-order valence-corrected chi connectivity index (χ1v) is 10.3. The fourth-order valence-electron chi connectivity index (χ4n) is 3.29. The summed E-state index contributed by atoms with van der Waals surface area (Å²) in [7, 11) is 0. The number of aliphatic hydroxyl groups is 1. The molecule has 1 saturated heterocycles. The molecule has 1 fully saturated rings. The predicted octanol–water partition coefficient (Wildman–Crippen LogP) is 1.52. The van der Waals surface area contributed by atoms with Crippen molar-refractivity contribution in [3.05, 3.63) is 40.3 Å². The number of benzene rings is 1. The summed E-state index contributed by atoms with van der Waals surface area (Å²) in [4.78, 5) is 30.0. The van der Waals surface area contributed by atoms with Gasteiger partial charge in [-0.2, -0.15) is 0 Å². The van der Waals surface area contributed by atoms with Gasteiger partial charge in [0, 0.05) is 31.9 Å². The van der Waals surface area contributed by atoms with E-state index in [1.54, 1.807) is 0 Å². The van der Waals surface area contributed by atoms with Gasteiger partial charge in [0.15, 0.2) is 0 Å². The number of aliphatic hydroxyl groups excluding tert-OH is 1. The van der Waals surface area contributed by atoms with Gasteiger partial charge >= 0.3 is 0 Å². The van der Waals surface area contributed by atoms with Crippen LogP contribution in [0.3, 0.4) is 0 Å². The van der Waals surface area contributed by atoms with E-state index in [9.17, 15) is 9.59 Å². The molecular formula is C20H26N2O4S. The summed E-state index contributed by atoms with van der Waals surface area (Å²) >= 11 is 1.26. The maximum Gasteiger partial charge on any atom is 0.267 e. The quantitative estimate of drug-likeness (QED) is 0.679. The average Bonchev–Trinajstić information content (AvgIpc) is 2.92. The van der Waals surface area contributed by atoms with E-state index in [2.05, 4.69) is 4.90 Å². The highest BCUT2D eigenvalue weighted by Crippen LogP contribution is 2.36. The highest BCUT2D eigenvalue weighted by Gasteiger charge is 2.38. The van der Waals surface area contributed by atoms with Crippen LogP contribution in [0, 0.1) is 6.92 Å². The molecule has 1 N–H and O–H groups in total. The summed E-state index contributed by atoms with van der Waals surface area (Å²) in [6.45, 7) is 6.48. The second kappa shape index (κ2) is 9.50. The standard InChI is InChI=1S/C20H26N2O4S/c1-15-3-5-16(6-4-15)17-18(27-14-11-23)20(25)22(19(17)24)8-2-7-21-9-12-26-13-10-21/h3-6,23H,2,7-14H2,1H3. The molecule has 1 aromatic rings. The fraction of sp³-hybridized carbons (Fsp3) is 0.500. The topological polar surface area (TPSA) is 70.1 Å². The Balaban J connectivity index is 1.71. The van der Waals surface area contributed by atoms with Gasteiger partial charge in [-0.3, -0.25) is 19.4 Å². The molecule has 0 aliphatic carbocycles. The lowest BCUT2D eigenvalue weighted by Gasteiger charge is -2.27. The molecule has 27 heavy (non-hydrogen) atoms. The molecule has 0 atom stereocenters. The predicted molar refractivity (Wildman–Crippen MR) is 106 cm³/mol. The fourth-order valence-corrected chi connectivity index (χ4v) is 4.17. The van der Waals surface area contributed by atoms with Crippen LogP contribution in [-0.4, -0.2) is 78.5 Å². The summed E-state index contributed by atoms with van der Waals surface area (Å²) in [5.41, 5.74) is 2.32. The van der Waals surface area contributed by atoms with Gasteiger partial charge < -0.3 is 9.84 Å². The van der Waals surface area contributed by atoms with E-state index >= 15 is 0 Å². The van der Waals surface area contributed by atoms with Crippen molar-refractivity contribution in [2.75, 3.05) is 51.8 Å². The molecule has 6 nitrogen and oxygen atoms in total. The van der Waals surface area contributed by atoms with Crippen molar-refractivity contribution in [2.24, 2.45) is 0 Å². The molecule has 2 aliphatic heterocycles. The first-order chi connectivity index (χ1) is 13.1. The van der Waals surface area contributed by atoms with Gasteiger partial charge in [-0.1, -0.05) is 29.8 Å². The van der Waals surface area contributed by atoms with E-state index in [4.69, 9.17) is 9.84 Å². The molecular weight excluding hydrogens is 364 g/mol. The third-order valence-corrected chi connectivity index (χ3v) is 5.82. The highest BCUT2D eigenvalue weighted by molar-refractivity contribution is 8.04. The van der Waals surface area contributed by atoms with Crippen LogP contribution in [0.25, 0.3) is 5.57 Å². The summed E-state index contributed by atoms with van der Waals surface area (Å²) < 4.78 is 5.35. The molecule has 2 aliphatic rings. The Morgan fingerprint density at radius 2 is 1.78 bits per heavy atom. The first-order valence-electron chi connectivity index (χ1n) is 9.33. The van der Waals surface area contributed by atoms with Crippen LogP contribution in [0.4, 0.5) is 0 Å². The lowest BCUT2D eigenvalue weighted by atomic mass is 10.0. The number of nitrogens with zero attached hydrogens (tertiary/aromatic N) is 2. The van der Waals surface area contributed by atoms with Crippen LogP contribution in [0.5, 0.6) is 0 Å². The van der Waals surface area contributed by atoms with E-state index in [0.29, 0.717) is 22.8 Å². The number of hydrogen-bond donors (Lipinski definition) is 1. The SMILES string of the molecule is Cc1ccc(C2=C(SCCO)C(=O)N(CCCN3CCOCC3)C2=O)cc1. The van der Waals surface area contributed by atoms with E-state index < -0.39 is 0 Å². The van der Waals surface area contributed by atoms with Crippen molar-refractivity contribution in [2.45, 2.75) is 13.3 Å². The summed E-state index contributed by atoms with van der Waals surface area (Å²) in [6, 6.07) is 7.64. The smallest absolute Gasteiger partial charge is 0.267 e. The molecule has 0 spiro atoms. The number of thioether (sulfide) groups is 1. The van der Waals surface area contributed by atoms with Crippen molar-refractivity contribution in [1.82, 2.24) is 9.80 Å². The first kappa shape index (κ1) is 20.1. The molecule has 2 heterocycles. The normalized spacial score (nSPS) is 18.7. The van der Waals surface area contributed by atoms with E-state index in [1.807, 2.05) is 31.2 Å². The highest BCUT2D eigenvalue weighted by atomic mass is 32.2. The van der Waals surface area contributed by atoms with Crippen LogP contribution in [0.1, 0.15) is 17.5 Å². The van der Waals surface area contributed by atoms with E-state index in [1.165, 1.54) is 16.7 Å². The number of carbonyl (C=O) groups is 2. The Morgan fingerprint density at radius 3 is 2.44 bits per heavy atom. The summed E-state index contributed by atoms with van der Waals surface area (Å²) in [5.74, 6) is -0.0759. The Hall–Kier alpha value is -1.67. The molecule has 0 bridgehead atoms. The Labute approximate surface area is 164 Å². The molecule has 0 unspecified atom stereocenters. The van der Waals surface area contributed by atoms with Gasteiger partial charge in [-0.25, -0.2) is 0 Å². The molecule has 0 aromatic heterocycles. The van der Waals surface area contributed by atoms with Crippen molar-refractivity contribution < 1.29 is 19.4 Å². The third-order valence-electron chi connectivity index (χ3n) is 4.76. The Morgan fingerprint density at radius 1 is 1.07 bits per heavy atom. The maximum atomic E-state index is 13.0. The van der Waals surface area contributed by atoms with Crippen molar-refractivity contribution in [3.63, 3.8) is 0 Å². The van der Waals surface area contributed by atoms with Crippen molar-refractivity contribution in [1.29, 1.82) is 0 Å². The number of aryl methyl sites for hydroxylation is 1. The van der Waals surface area contributed by atoms with Crippen LogP contribution >= 0.6 is 11.8 Å². The number of imide groups is 1. The number of rotatable bonds is 8. The van der Waals surface area contributed by atoms with Gasteiger partial charge in [0.05, 0.1) is 30.3 Å². The molecule has 146 valence electrons. The van der Waals surface area contributed by atoms with Crippen molar-refractivity contribution >= 4 is 29.1 Å². The Bertz CT molecular complexity index is 711. The molecule has 1 aromatic carbocycles. The van der Waals surface area contributed by atoms with Gasteiger partial charge in [-0.15, -0.1) is 11.8 Å².